The van der Waals surface area contributed by atoms with Gasteiger partial charge in [-0.15, -0.1) is 0 Å². The molecule has 1 aromatic carbocycles. The van der Waals surface area contributed by atoms with Crippen molar-refractivity contribution >= 4 is 23.2 Å². The highest BCUT2D eigenvalue weighted by Crippen LogP contribution is 2.34. The summed E-state index contributed by atoms with van der Waals surface area (Å²) in [6, 6.07) is 6.48. The van der Waals surface area contributed by atoms with Gasteiger partial charge in [0.05, 0.1) is 0 Å². The largest absolute Gasteiger partial charge is 0.329 e. The lowest BCUT2D eigenvalue weighted by molar-refractivity contribution is 0.0690. The minimum atomic E-state index is 0.279. The summed E-state index contributed by atoms with van der Waals surface area (Å²) in [5.74, 6) is 0.646. The number of likely N-dealkylation sites (tertiary alicyclic amines) is 1. The predicted molar refractivity (Wildman–Crippen MR) is 82.8 cm³/mol. The molecule has 2 rings (SSSR count). The molecule has 2 N–H and O–H groups in total. The monoisotopic (exact) mass is 300 g/mol. The summed E-state index contributed by atoms with van der Waals surface area (Å²) in [5, 5.41) is 1.43. The number of halogens is 2. The Hall–Kier alpha value is -0.280. The van der Waals surface area contributed by atoms with Gasteiger partial charge in [0.1, 0.15) is 0 Å². The first-order valence-corrected chi connectivity index (χ1v) is 7.71. The van der Waals surface area contributed by atoms with Crippen LogP contribution in [-0.4, -0.2) is 24.0 Å². The Bertz CT molecular complexity index is 436. The average Bonchev–Trinajstić information content (AvgIpc) is 2.37. The zero-order valence-corrected chi connectivity index (χ0v) is 13.1. The van der Waals surface area contributed by atoms with Crippen molar-refractivity contribution in [2.45, 2.75) is 38.8 Å². The summed E-state index contributed by atoms with van der Waals surface area (Å²) < 4.78 is 0. The van der Waals surface area contributed by atoms with Crippen LogP contribution in [0.4, 0.5) is 0 Å². The molecule has 1 saturated heterocycles. The van der Waals surface area contributed by atoms with Crippen molar-refractivity contribution in [3.05, 3.63) is 33.8 Å². The van der Waals surface area contributed by atoms with Crippen LogP contribution in [0.1, 0.15) is 38.3 Å². The predicted octanol–water partition coefficient (Wildman–Crippen LogP) is 4.11. The van der Waals surface area contributed by atoms with Gasteiger partial charge in [-0.3, -0.25) is 4.90 Å². The Morgan fingerprint density at radius 1 is 1.42 bits per heavy atom. The number of benzene rings is 1. The highest BCUT2D eigenvalue weighted by molar-refractivity contribution is 6.35. The fourth-order valence-corrected chi connectivity index (χ4v) is 3.71. The molecular formula is C15H22Cl2N2. The zero-order chi connectivity index (χ0) is 14.0. The van der Waals surface area contributed by atoms with E-state index in [2.05, 4.69) is 18.7 Å². The summed E-state index contributed by atoms with van der Waals surface area (Å²) in [6.07, 6.45) is 2.49. The maximum absolute atomic E-state index is 6.33. The number of hydrogen-bond acceptors (Lipinski definition) is 2. The van der Waals surface area contributed by atoms with Gasteiger partial charge >= 0.3 is 0 Å². The first-order chi connectivity index (χ1) is 9.04. The van der Waals surface area contributed by atoms with E-state index in [4.69, 9.17) is 28.9 Å². The van der Waals surface area contributed by atoms with Crippen LogP contribution >= 0.6 is 23.2 Å². The first-order valence-electron chi connectivity index (χ1n) is 6.95. The molecule has 106 valence electrons. The Morgan fingerprint density at radius 3 is 2.79 bits per heavy atom. The maximum atomic E-state index is 6.33. The number of hydrogen-bond donors (Lipinski definition) is 1. The van der Waals surface area contributed by atoms with Crippen LogP contribution in [0, 0.1) is 5.92 Å². The Kier molecular flexibility index (Phi) is 5.13. The Morgan fingerprint density at radius 2 is 2.16 bits per heavy atom. The highest BCUT2D eigenvalue weighted by Gasteiger charge is 2.31. The van der Waals surface area contributed by atoms with E-state index in [0.717, 1.165) is 17.1 Å². The van der Waals surface area contributed by atoms with E-state index in [0.29, 0.717) is 23.5 Å². The molecule has 1 heterocycles. The molecule has 3 atom stereocenters. The summed E-state index contributed by atoms with van der Waals surface area (Å²) >= 11 is 12.3. The summed E-state index contributed by atoms with van der Waals surface area (Å²) in [6.45, 7) is 6.29. The molecule has 0 saturated carbocycles. The van der Waals surface area contributed by atoms with Gasteiger partial charge in [-0.1, -0.05) is 36.2 Å². The van der Waals surface area contributed by atoms with Crippen molar-refractivity contribution in [1.82, 2.24) is 4.90 Å². The van der Waals surface area contributed by atoms with Gasteiger partial charge in [-0.05, 0) is 49.9 Å². The molecular weight excluding hydrogens is 279 g/mol. The molecule has 1 aliphatic rings. The zero-order valence-electron chi connectivity index (χ0n) is 11.6. The van der Waals surface area contributed by atoms with E-state index >= 15 is 0 Å². The van der Waals surface area contributed by atoms with Crippen molar-refractivity contribution < 1.29 is 0 Å². The van der Waals surface area contributed by atoms with Gasteiger partial charge in [0.15, 0.2) is 0 Å². The Labute approximate surface area is 125 Å². The van der Waals surface area contributed by atoms with E-state index in [9.17, 15) is 0 Å². The van der Waals surface area contributed by atoms with Crippen LogP contribution in [0.2, 0.25) is 10.0 Å². The molecule has 2 nitrogen and oxygen atoms in total. The topological polar surface area (TPSA) is 29.3 Å². The highest BCUT2D eigenvalue weighted by atomic mass is 35.5. The van der Waals surface area contributed by atoms with Crippen LogP contribution in [0.3, 0.4) is 0 Å². The molecule has 0 aliphatic carbocycles. The average molecular weight is 301 g/mol. The number of piperidine rings is 1. The van der Waals surface area contributed by atoms with Gasteiger partial charge in [-0.2, -0.15) is 0 Å². The summed E-state index contributed by atoms with van der Waals surface area (Å²) in [5.41, 5.74) is 7.10. The van der Waals surface area contributed by atoms with Crippen LogP contribution in [0.25, 0.3) is 0 Å². The molecule has 0 radical (unpaired) electrons. The van der Waals surface area contributed by atoms with E-state index < -0.39 is 0 Å². The molecule has 0 bridgehead atoms. The van der Waals surface area contributed by atoms with Gasteiger partial charge < -0.3 is 5.73 Å². The van der Waals surface area contributed by atoms with E-state index in [-0.39, 0.29) is 6.04 Å². The molecule has 1 aromatic rings. The molecule has 1 aliphatic heterocycles. The molecule has 4 heteroatoms. The second-order valence-electron chi connectivity index (χ2n) is 5.50. The quantitative estimate of drug-likeness (QED) is 0.910. The van der Waals surface area contributed by atoms with Gasteiger partial charge in [-0.25, -0.2) is 0 Å². The maximum Gasteiger partial charge on any atom is 0.0468 e. The third-order valence-corrected chi connectivity index (χ3v) is 4.87. The van der Waals surface area contributed by atoms with Gasteiger partial charge in [0.2, 0.25) is 0 Å². The number of nitrogens with zero attached hydrogens (tertiary/aromatic N) is 1. The van der Waals surface area contributed by atoms with E-state index in [1.54, 1.807) is 0 Å². The lowest BCUT2D eigenvalue weighted by Gasteiger charge is -2.43. The van der Waals surface area contributed by atoms with Crippen LogP contribution in [0.5, 0.6) is 0 Å². The lowest BCUT2D eigenvalue weighted by atomic mass is 9.88. The third kappa shape index (κ3) is 3.25. The summed E-state index contributed by atoms with van der Waals surface area (Å²) in [4.78, 5) is 2.49. The Balaban J connectivity index is 2.24. The summed E-state index contributed by atoms with van der Waals surface area (Å²) in [7, 11) is 0. The SMILES string of the molecule is CC1CCCN(C(C)c2ccc(Cl)cc2Cl)C1CN. The van der Waals surface area contributed by atoms with Crippen molar-refractivity contribution in [3.63, 3.8) is 0 Å². The number of rotatable bonds is 3. The second kappa shape index (κ2) is 6.45. The fourth-order valence-electron chi connectivity index (χ4n) is 3.15. The van der Waals surface area contributed by atoms with Crippen LogP contribution in [0.15, 0.2) is 18.2 Å². The molecule has 1 fully saturated rings. The normalized spacial score (nSPS) is 26.4. The molecule has 3 unspecified atom stereocenters. The minimum absolute atomic E-state index is 0.279. The number of nitrogens with two attached hydrogens (primary N) is 1. The second-order valence-corrected chi connectivity index (χ2v) is 6.35. The molecule has 0 amide bonds. The smallest absolute Gasteiger partial charge is 0.0468 e. The van der Waals surface area contributed by atoms with Crippen molar-refractivity contribution in [1.29, 1.82) is 0 Å². The van der Waals surface area contributed by atoms with Crippen molar-refractivity contribution in [2.75, 3.05) is 13.1 Å². The first kappa shape index (κ1) is 15.1. The standard InChI is InChI=1S/C15H22Cl2N2/c1-10-4-3-7-19(15(10)9-18)11(2)13-6-5-12(16)8-14(13)17/h5-6,8,10-11,15H,3-4,7,9,18H2,1-2H3. The fraction of sp³-hybridized carbons (Fsp3) is 0.600. The van der Waals surface area contributed by atoms with Gasteiger partial charge in [0.25, 0.3) is 0 Å². The van der Waals surface area contributed by atoms with E-state index in [1.807, 2.05) is 18.2 Å². The van der Waals surface area contributed by atoms with Gasteiger partial charge in [0, 0.05) is 28.7 Å². The van der Waals surface area contributed by atoms with E-state index in [1.165, 1.54) is 12.8 Å². The molecule has 19 heavy (non-hydrogen) atoms. The van der Waals surface area contributed by atoms with Crippen molar-refractivity contribution in [3.8, 4) is 0 Å². The van der Waals surface area contributed by atoms with Crippen LogP contribution in [-0.2, 0) is 0 Å². The molecule has 0 spiro atoms. The minimum Gasteiger partial charge on any atom is -0.329 e. The van der Waals surface area contributed by atoms with Crippen molar-refractivity contribution in [2.24, 2.45) is 11.7 Å². The van der Waals surface area contributed by atoms with Crippen LogP contribution < -0.4 is 5.73 Å². The third-order valence-electron chi connectivity index (χ3n) is 4.31. The molecule has 0 aromatic heterocycles. The lowest BCUT2D eigenvalue weighted by Crippen LogP contribution is -2.49.